The molecule has 4 aromatic carbocycles. The van der Waals surface area contributed by atoms with Crippen molar-refractivity contribution in [3.05, 3.63) is 122 Å². The smallest absolute Gasteiger partial charge is 0.330 e. The normalized spacial score (nSPS) is 10.3. The first-order valence-electron chi connectivity index (χ1n) is 12.8. The molecule has 0 radical (unpaired) electrons. The summed E-state index contributed by atoms with van der Waals surface area (Å²) >= 11 is 0. The summed E-state index contributed by atoms with van der Waals surface area (Å²) in [6.07, 6.45) is 2.25. The zero-order valence-electron chi connectivity index (χ0n) is 22.1. The SMILES string of the molecule is C=CC(=O)OCCOc1ccc(-c2ccc(OCCOC(=O)C=C)c(-c3ccccc3)c2)cc1-c1ccccc1. The van der Waals surface area contributed by atoms with E-state index in [9.17, 15) is 9.59 Å². The number of carbonyl (C=O) groups excluding carboxylic acids is 2. The maximum atomic E-state index is 11.4. The quantitative estimate of drug-likeness (QED) is 0.106. The highest BCUT2D eigenvalue weighted by Gasteiger charge is 2.13. The lowest BCUT2D eigenvalue weighted by Crippen LogP contribution is -2.10. The first kappa shape index (κ1) is 27.9. The van der Waals surface area contributed by atoms with E-state index in [0.717, 1.165) is 45.5 Å². The second kappa shape index (κ2) is 14.2. The fourth-order valence-corrected chi connectivity index (χ4v) is 4.06. The van der Waals surface area contributed by atoms with Gasteiger partial charge in [0.1, 0.15) is 37.9 Å². The second-order valence-corrected chi connectivity index (χ2v) is 8.59. The van der Waals surface area contributed by atoms with E-state index < -0.39 is 11.9 Å². The van der Waals surface area contributed by atoms with Gasteiger partial charge in [-0.3, -0.25) is 0 Å². The van der Waals surface area contributed by atoms with Crippen LogP contribution >= 0.6 is 0 Å². The third-order valence-electron chi connectivity index (χ3n) is 5.97. The predicted molar refractivity (Wildman–Crippen MR) is 156 cm³/mol. The monoisotopic (exact) mass is 534 g/mol. The summed E-state index contributed by atoms with van der Waals surface area (Å²) < 4.78 is 22.1. The third kappa shape index (κ3) is 7.48. The molecule has 0 bridgehead atoms. The Bertz CT molecular complexity index is 1350. The fourth-order valence-electron chi connectivity index (χ4n) is 4.06. The van der Waals surface area contributed by atoms with E-state index in [1.165, 1.54) is 0 Å². The largest absolute Gasteiger partial charge is 0.489 e. The molecule has 0 fully saturated rings. The minimum atomic E-state index is -0.485. The zero-order valence-corrected chi connectivity index (χ0v) is 22.1. The molecule has 0 saturated carbocycles. The lowest BCUT2D eigenvalue weighted by atomic mass is 9.95. The van der Waals surface area contributed by atoms with Crippen molar-refractivity contribution in [2.24, 2.45) is 0 Å². The number of esters is 2. The lowest BCUT2D eigenvalue weighted by molar-refractivity contribution is -0.139. The molecule has 4 rings (SSSR count). The van der Waals surface area contributed by atoms with Crippen LogP contribution in [0.5, 0.6) is 11.5 Å². The highest BCUT2D eigenvalue weighted by Crippen LogP contribution is 2.38. The molecule has 0 saturated heterocycles. The average Bonchev–Trinajstić information content (AvgIpc) is 3.02. The number of rotatable bonds is 13. The Morgan fingerprint density at radius 1 is 0.525 bits per heavy atom. The minimum absolute atomic E-state index is 0.121. The van der Waals surface area contributed by atoms with Gasteiger partial charge in [0.25, 0.3) is 0 Å². The van der Waals surface area contributed by atoms with E-state index in [2.05, 4.69) is 25.3 Å². The molecule has 0 aromatic heterocycles. The lowest BCUT2D eigenvalue weighted by Gasteiger charge is -2.16. The van der Waals surface area contributed by atoms with E-state index in [4.69, 9.17) is 18.9 Å². The molecule has 40 heavy (non-hydrogen) atoms. The molecule has 6 heteroatoms. The van der Waals surface area contributed by atoms with Gasteiger partial charge in [0, 0.05) is 23.3 Å². The van der Waals surface area contributed by atoms with Crippen molar-refractivity contribution in [2.75, 3.05) is 26.4 Å². The van der Waals surface area contributed by atoms with Gasteiger partial charge in [0.05, 0.1) is 0 Å². The first-order chi connectivity index (χ1) is 19.6. The summed E-state index contributed by atoms with van der Waals surface area (Å²) in [5.74, 6) is 0.395. The van der Waals surface area contributed by atoms with Gasteiger partial charge in [0.2, 0.25) is 0 Å². The van der Waals surface area contributed by atoms with Crippen LogP contribution in [-0.2, 0) is 19.1 Å². The van der Waals surface area contributed by atoms with E-state index in [0.29, 0.717) is 11.5 Å². The molecule has 0 amide bonds. The van der Waals surface area contributed by atoms with Crippen LogP contribution in [0.2, 0.25) is 0 Å². The van der Waals surface area contributed by atoms with Crippen molar-refractivity contribution >= 4 is 11.9 Å². The Morgan fingerprint density at radius 2 is 0.925 bits per heavy atom. The number of hydrogen-bond acceptors (Lipinski definition) is 6. The van der Waals surface area contributed by atoms with Gasteiger partial charge in [-0.2, -0.15) is 0 Å². The summed E-state index contributed by atoms with van der Waals surface area (Å²) in [5.41, 5.74) is 5.82. The molecule has 0 aliphatic carbocycles. The first-order valence-corrected chi connectivity index (χ1v) is 12.8. The maximum absolute atomic E-state index is 11.4. The van der Waals surface area contributed by atoms with Gasteiger partial charge >= 0.3 is 11.9 Å². The van der Waals surface area contributed by atoms with Crippen LogP contribution in [0, 0.1) is 0 Å². The topological polar surface area (TPSA) is 71.1 Å². The Labute approximate surface area is 234 Å². The zero-order chi connectivity index (χ0) is 28.2. The van der Waals surface area contributed by atoms with Gasteiger partial charge in [-0.25, -0.2) is 9.59 Å². The molecule has 0 N–H and O–H groups in total. The van der Waals surface area contributed by atoms with Crippen molar-refractivity contribution in [1.29, 1.82) is 0 Å². The second-order valence-electron chi connectivity index (χ2n) is 8.59. The molecule has 4 aromatic rings. The van der Waals surface area contributed by atoms with Gasteiger partial charge in [-0.15, -0.1) is 0 Å². The summed E-state index contributed by atoms with van der Waals surface area (Å²) in [6.45, 7) is 7.48. The van der Waals surface area contributed by atoms with Gasteiger partial charge < -0.3 is 18.9 Å². The van der Waals surface area contributed by atoms with Crippen molar-refractivity contribution < 1.29 is 28.5 Å². The van der Waals surface area contributed by atoms with Crippen LogP contribution in [0.1, 0.15) is 0 Å². The number of hydrogen-bond donors (Lipinski definition) is 0. The molecule has 0 heterocycles. The Kier molecular flexibility index (Phi) is 9.89. The molecule has 0 unspecified atom stereocenters. The molecule has 6 nitrogen and oxygen atoms in total. The number of ether oxygens (including phenoxy) is 4. The number of carbonyl (C=O) groups is 2. The summed E-state index contributed by atoms with van der Waals surface area (Å²) in [6, 6.07) is 31.9. The molecule has 0 aliphatic heterocycles. The molecule has 0 aliphatic rings. The maximum Gasteiger partial charge on any atom is 0.330 e. The van der Waals surface area contributed by atoms with Gasteiger partial charge in [-0.1, -0.05) is 86.0 Å². The molecule has 0 atom stereocenters. The van der Waals surface area contributed by atoms with Crippen LogP contribution < -0.4 is 9.47 Å². The van der Waals surface area contributed by atoms with Crippen molar-refractivity contribution in [3.8, 4) is 44.9 Å². The highest BCUT2D eigenvalue weighted by molar-refractivity contribution is 5.83. The summed E-state index contributed by atoms with van der Waals surface area (Å²) in [7, 11) is 0. The van der Waals surface area contributed by atoms with Crippen LogP contribution in [-0.4, -0.2) is 38.4 Å². The molecular weight excluding hydrogens is 504 g/mol. The van der Waals surface area contributed by atoms with Gasteiger partial charge in [-0.05, 0) is 46.5 Å². The summed E-state index contributed by atoms with van der Waals surface area (Å²) in [5, 5.41) is 0. The van der Waals surface area contributed by atoms with E-state index in [-0.39, 0.29) is 26.4 Å². The Morgan fingerprint density at radius 3 is 1.30 bits per heavy atom. The summed E-state index contributed by atoms with van der Waals surface area (Å²) in [4.78, 5) is 22.7. The van der Waals surface area contributed by atoms with E-state index in [1.807, 2.05) is 84.9 Å². The van der Waals surface area contributed by atoms with E-state index >= 15 is 0 Å². The predicted octanol–water partition coefficient (Wildman–Crippen LogP) is 6.90. The van der Waals surface area contributed by atoms with Crippen LogP contribution in [0.4, 0.5) is 0 Å². The van der Waals surface area contributed by atoms with Crippen molar-refractivity contribution in [1.82, 2.24) is 0 Å². The fraction of sp³-hybridized carbons (Fsp3) is 0.118. The number of benzene rings is 4. The molecular formula is C34H30O6. The van der Waals surface area contributed by atoms with Gasteiger partial charge in [0.15, 0.2) is 0 Å². The third-order valence-corrected chi connectivity index (χ3v) is 5.97. The van der Waals surface area contributed by atoms with Crippen molar-refractivity contribution in [2.45, 2.75) is 0 Å². The Hall–Kier alpha value is -5.10. The van der Waals surface area contributed by atoms with Crippen molar-refractivity contribution in [3.63, 3.8) is 0 Å². The molecule has 202 valence electrons. The van der Waals surface area contributed by atoms with E-state index in [1.54, 1.807) is 0 Å². The van der Waals surface area contributed by atoms with Crippen LogP contribution in [0.3, 0.4) is 0 Å². The standard InChI is InChI=1S/C34H30O6/c1-3-33(35)39-21-19-37-31-17-15-27(23-29(31)25-11-7-5-8-12-25)28-16-18-32(38-20-22-40-34(36)4-2)30(24-28)26-13-9-6-10-14-26/h3-18,23-24H,1-2,19-22H2. The highest BCUT2D eigenvalue weighted by atomic mass is 16.6. The Balaban J connectivity index is 1.64. The average molecular weight is 535 g/mol. The van der Waals surface area contributed by atoms with Crippen LogP contribution in [0.15, 0.2) is 122 Å². The van der Waals surface area contributed by atoms with Crippen LogP contribution in [0.25, 0.3) is 33.4 Å². The minimum Gasteiger partial charge on any atom is -0.489 e. The molecule has 0 spiro atoms.